The van der Waals surface area contributed by atoms with Crippen molar-refractivity contribution in [2.45, 2.75) is 56.7 Å². The summed E-state index contributed by atoms with van der Waals surface area (Å²) >= 11 is 0. The second kappa shape index (κ2) is 5.03. The third-order valence-corrected chi connectivity index (χ3v) is 4.37. The van der Waals surface area contributed by atoms with E-state index in [9.17, 15) is 0 Å². The van der Waals surface area contributed by atoms with Crippen LogP contribution in [0.5, 0.6) is 0 Å². The molecular formula is C13H25N3. The molecule has 1 saturated carbocycles. The van der Waals surface area contributed by atoms with Crippen molar-refractivity contribution >= 4 is 0 Å². The molecular weight excluding hydrogens is 198 g/mol. The van der Waals surface area contributed by atoms with Gasteiger partial charge in [-0.1, -0.05) is 0 Å². The summed E-state index contributed by atoms with van der Waals surface area (Å²) in [5.41, 5.74) is 0. The zero-order chi connectivity index (χ0) is 10.8. The van der Waals surface area contributed by atoms with Gasteiger partial charge in [0.25, 0.3) is 0 Å². The standard InChI is InChI=1S/C13H25N3/c1-2-11(14-7-1)5-8-15-12-6-9-16(10-12)13-3-4-13/h11-15H,1-10H2. The van der Waals surface area contributed by atoms with Crippen molar-refractivity contribution in [2.75, 3.05) is 26.2 Å². The van der Waals surface area contributed by atoms with E-state index in [1.807, 2.05) is 0 Å². The zero-order valence-electron chi connectivity index (χ0n) is 10.3. The Kier molecular flexibility index (Phi) is 3.46. The maximum atomic E-state index is 3.74. The second-order valence-electron chi connectivity index (χ2n) is 5.75. The Labute approximate surface area is 99.0 Å². The van der Waals surface area contributed by atoms with Gasteiger partial charge in [-0.25, -0.2) is 0 Å². The lowest BCUT2D eigenvalue weighted by atomic mass is 10.1. The Morgan fingerprint density at radius 3 is 2.88 bits per heavy atom. The number of nitrogens with one attached hydrogen (secondary N) is 2. The van der Waals surface area contributed by atoms with Gasteiger partial charge in [0, 0.05) is 31.2 Å². The Balaban J connectivity index is 1.30. The lowest BCUT2D eigenvalue weighted by molar-refractivity contribution is 0.316. The first-order valence-electron chi connectivity index (χ1n) is 7.12. The van der Waals surface area contributed by atoms with E-state index in [0.29, 0.717) is 0 Å². The molecule has 2 unspecified atom stereocenters. The number of rotatable bonds is 5. The molecule has 0 aromatic heterocycles. The average molecular weight is 223 g/mol. The lowest BCUT2D eigenvalue weighted by Crippen LogP contribution is -2.36. The van der Waals surface area contributed by atoms with Crippen LogP contribution in [0.2, 0.25) is 0 Å². The van der Waals surface area contributed by atoms with Crippen LogP contribution < -0.4 is 10.6 Å². The molecule has 3 nitrogen and oxygen atoms in total. The Hall–Kier alpha value is -0.120. The number of hydrogen-bond acceptors (Lipinski definition) is 3. The van der Waals surface area contributed by atoms with Crippen LogP contribution >= 0.6 is 0 Å². The average Bonchev–Trinajstić information content (AvgIpc) is 2.83. The van der Waals surface area contributed by atoms with E-state index in [1.54, 1.807) is 0 Å². The highest BCUT2D eigenvalue weighted by Gasteiger charge is 2.34. The van der Waals surface area contributed by atoms with Crippen LogP contribution in [-0.2, 0) is 0 Å². The van der Waals surface area contributed by atoms with Crippen LogP contribution in [0.15, 0.2) is 0 Å². The van der Waals surface area contributed by atoms with Crippen LogP contribution in [0.25, 0.3) is 0 Å². The molecule has 2 N–H and O–H groups in total. The Bertz CT molecular complexity index is 221. The van der Waals surface area contributed by atoms with Crippen molar-refractivity contribution < 1.29 is 0 Å². The van der Waals surface area contributed by atoms with Gasteiger partial charge in [0.15, 0.2) is 0 Å². The minimum absolute atomic E-state index is 0.780. The van der Waals surface area contributed by atoms with Gasteiger partial charge in [0.05, 0.1) is 0 Å². The van der Waals surface area contributed by atoms with Crippen LogP contribution in [0, 0.1) is 0 Å². The van der Waals surface area contributed by atoms with E-state index in [-0.39, 0.29) is 0 Å². The van der Waals surface area contributed by atoms with Crippen LogP contribution in [0.3, 0.4) is 0 Å². The molecule has 3 aliphatic rings. The fraction of sp³-hybridized carbons (Fsp3) is 1.00. The molecule has 2 heterocycles. The number of nitrogens with zero attached hydrogens (tertiary/aromatic N) is 1. The summed E-state index contributed by atoms with van der Waals surface area (Å²) in [7, 11) is 0. The molecule has 16 heavy (non-hydrogen) atoms. The molecule has 0 radical (unpaired) electrons. The molecule has 3 fully saturated rings. The van der Waals surface area contributed by atoms with E-state index in [1.165, 1.54) is 64.7 Å². The van der Waals surface area contributed by atoms with Gasteiger partial charge >= 0.3 is 0 Å². The van der Waals surface area contributed by atoms with E-state index < -0.39 is 0 Å². The minimum atomic E-state index is 0.780. The first-order chi connectivity index (χ1) is 7.92. The zero-order valence-corrected chi connectivity index (χ0v) is 10.3. The van der Waals surface area contributed by atoms with Crippen LogP contribution in [-0.4, -0.2) is 49.2 Å². The normalized spacial score (nSPS) is 36.0. The molecule has 92 valence electrons. The largest absolute Gasteiger partial charge is 0.314 e. The van der Waals surface area contributed by atoms with Gasteiger partial charge in [-0.3, -0.25) is 4.90 Å². The summed E-state index contributed by atoms with van der Waals surface area (Å²) in [6.45, 7) is 5.09. The summed E-state index contributed by atoms with van der Waals surface area (Å²) in [5, 5.41) is 7.31. The number of likely N-dealkylation sites (tertiary alicyclic amines) is 1. The summed E-state index contributed by atoms with van der Waals surface area (Å²) in [5.74, 6) is 0. The highest BCUT2D eigenvalue weighted by atomic mass is 15.2. The fourth-order valence-electron chi connectivity index (χ4n) is 3.19. The fourth-order valence-corrected chi connectivity index (χ4v) is 3.19. The molecule has 3 heteroatoms. The van der Waals surface area contributed by atoms with E-state index in [4.69, 9.17) is 0 Å². The molecule has 0 bridgehead atoms. The topological polar surface area (TPSA) is 27.3 Å². The number of hydrogen-bond donors (Lipinski definition) is 2. The SMILES string of the molecule is C1CNC(CCNC2CCN(C3CC3)C2)C1. The molecule has 0 aromatic rings. The molecule has 2 saturated heterocycles. The first-order valence-corrected chi connectivity index (χ1v) is 7.12. The van der Waals surface area contributed by atoms with Gasteiger partial charge in [0.1, 0.15) is 0 Å². The first kappa shape index (κ1) is 11.0. The quantitative estimate of drug-likeness (QED) is 0.727. The maximum Gasteiger partial charge on any atom is 0.0207 e. The molecule has 0 aromatic carbocycles. The summed E-state index contributed by atoms with van der Waals surface area (Å²) < 4.78 is 0. The van der Waals surface area contributed by atoms with Crippen molar-refractivity contribution in [1.82, 2.24) is 15.5 Å². The maximum absolute atomic E-state index is 3.74. The van der Waals surface area contributed by atoms with Gasteiger partial charge < -0.3 is 10.6 Å². The Morgan fingerprint density at radius 1 is 1.19 bits per heavy atom. The van der Waals surface area contributed by atoms with Crippen molar-refractivity contribution in [1.29, 1.82) is 0 Å². The van der Waals surface area contributed by atoms with Crippen molar-refractivity contribution in [3.63, 3.8) is 0 Å². The van der Waals surface area contributed by atoms with E-state index in [0.717, 1.165) is 18.1 Å². The molecule has 0 amide bonds. The highest BCUT2D eigenvalue weighted by Crippen LogP contribution is 2.29. The third-order valence-electron chi connectivity index (χ3n) is 4.37. The lowest BCUT2D eigenvalue weighted by Gasteiger charge is -2.17. The third kappa shape index (κ3) is 2.76. The van der Waals surface area contributed by atoms with Crippen molar-refractivity contribution in [2.24, 2.45) is 0 Å². The summed E-state index contributed by atoms with van der Waals surface area (Å²) in [6.07, 6.45) is 8.37. The van der Waals surface area contributed by atoms with Crippen LogP contribution in [0.1, 0.15) is 38.5 Å². The predicted molar refractivity (Wildman–Crippen MR) is 66.6 cm³/mol. The Morgan fingerprint density at radius 2 is 2.12 bits per heavy atom. The molecule has 0 spiro atoms. The molecule has 2 aliphatic heterocycles. The van der Waals surface area contributed by atoms with Gasteiger partial charge in [-0.05, 0) is 51.6 Å². The van der Waals surface area contributed by atoms with Crippen molar-refractivity contribution in [3.8, 4) is 0 Å². The van der Waals surface area contributed by atoms with Gasteiger partial charge in [0.2, 0.25) is 0 Å². The predicted octanol–water partition coefficient (Wildman–Crippen LogP) is 0.955. The van der Waals surface area contributed by atoms with E-state index >= 15 is 0 Å². The second-order valence-corrected chi connectivity index (χ2v) is 5.75. The molecule has 3 rings (SSSR count). The minimum Gasteiger partial charge on any atom is -0.314 e. The van der Waals surface area contributed by atoms with E-state index in [2.05, 4.69) is 15.5 Å². The summed E-state index contributed by atoms with van der Waals surface area (Å²) in [4.78, 5) is 2.69. The van der Waals surface area contributed by atoms with Gasteiger partial charge in [-0.15, -0.1) is 0 Å². The highest BCUT2D eigenvalue weighted by molar-refractivity contribution is 4.91. The van der Waals surface area contributed by atoms with Gasteiger partial charge in [-0.2, -0.15) is 0 Å². The van der Waals surface area contributed by atoms with Crippen LogP contribution in [0.4, 0.5) is 0 Å². The monoisotopic (exact) mass is 223 g/mol. The van der Waals surface area contributed by atoms with Crippen molar-refractivity contribution in [3.05, 3.63) is 0 Å². The molecule has 2 atom stereocenters. The molecule has 1 aliphatic carbocycles. The smallest absolute Gasteiger partial charge is 0.0207 e. The summed E-state index contributed by atoms with van der Waals surface area (Å²) in [6, 6.07) is 2.54.